The molecule has 1 fully saturated rings. The lowest BCUT2D eigenvalue weighted by atomic mass is 10.2. The lowest BCUT2D eigenvalue weighted by Crippen LogP contribution is -2.36. The standard InChI is InChI=1S/C19H19ClN4O2/c20-15-6-2-1-5-14(15)19-23-22-18(26-19)13-21-16-7-3-4-8-17(16)24-9-11-25-12-10-24/h1-8,21H,9-13H2. The molecule has 2 aromatic carbocycles. The Bertz CT molecular complexity index is 877. The highest BCUT2D eigenvalue weighted by Gasteiger charge is 2.15. The molecule has 134 valence electrons. The third-order valence-corrected chi connectivity index (χ3v) is 4.59. The van der Waals surface area contributed by atoms with Crippen LogP contribution in [0.3, 0.4) is 0 Å². The number of morpholine rings is 1. The van der Waals surface area contributed by atoms with Crippen molar-refractivity contribution in [2.24, 2.45) is 0 Å². The number of ether oxygens (including phenoxy) is 1. The Labute approximate surface area is 156 Å². The first-order valence-electron chi connectivity index (χ1n) is 8.54. The van der Waals surface area contributed by atoms with Crippen molar-refractivity contribution in [3.8, 4) is 11.5 Å². The summed E-state index contributed by atoms with van der Waals surface area (Å²) in [6, 6.07) is 15.6. The summed E-state index contributed by atoms with van der Waals surface area (Å²) >= 11 is 6.19. The molecule has 1 saturated heterocycles. The van der Waals surface area contributed by atoms with E-state index in [2.05, 4.69) is 32.5 Å². The van der Waals surface area contributed by atoms with Crippen molar-refractivity contribution in [2.75, 3.05) is 36.5 Å². The zero-order valence-corrected chi connectivity index (χ0v) is 14.9. The quantitative estimate of drug-likeness (QED) is 0.736. The number of nitrogens with one attached hydrogen (secondary N) is 1. The van der Waals surface area contributed by atoms with Gasteiger partial charge in [0.2, 0.25) is 11.8 Å². The average Bonchev–Trinajstić information content (AvgIpc) is 3.16. The molecule has 0 saturated carbocycles. The van der Waals surface area contributed by atoms with Gasteiger partial charge in [-0.05, 0) is 24.3 Å². The van der Waals surface area contributed by atoms with E-state index in [-0.39, 0.29) is 0 Å². The zero-order chi connectivity index (χ0) is 17.8. The van der Waals surface area contributed by atoms with Crippen LogP contribution in [0.2, 0.25) is 5.02 Å². The maximum Gasteiger partial charge on any atom is 0.249 e. The third kappa shape index (κ3) is 3.66. The van der Waals surface area contributed by atoms with E-state index >= 15 is 0 Å². The summed E-state index contributed by atoms with van der Waals surface area (Å²) in [5.41, 5.74) is 2.93. The molecule has 0 amide bonds. The third-order valence-electron chi connectivity index (χ3n) is 4.26. The van der Waals surface area contributed by atoms with Gasteiger partial charge in [-0.15, -0.1) is 10.2 Å². The Kier molecular flexibility index (Phi) is 5.04. The van der Waals surface area contributed by atoms with E-state index in [1.165, 1.54) is 0 Å². The molecule has 7 heteroatoms. The number of aromatic nitrogens is 2. The van der Waals surface area contributed by atoms with Crippen molar-refractivity contribution in [3.63, 3.8) is 0 Å². The molecule has 1 aliphatic rings. The highest BCUT2D eigenvalue weighted by atomic mass is 35.5. The fourth-order valence-electron chi connectivity index (χ4n) is 2.94. The number of rotatable bonds is 5. The SMILES string of the molecule is Clc1ccccc1-c1nnc(CNc2ccccc2N2CCOCC2)o1. The van der Waals surface area contributed by atoms with Crippen molar-refractivity contribution in [3.05, 3.63) is 59.4 Å². The highest BCUT2D eigenvalue weighted by Crippen LogP contribution is 2.28. The molecule has 3 aromatic rings. The number of benzene rings is 2. The number of anilines is 2. The van der Waals surface area contributed by atoms with Crippen LogP contribution >= 0.6 is 11.6 Å². The minimum Gasteiger partial charge on any atom is -0.419 e. The second-order valence-corrected chi connectivity index (χ2v) is 6.36. The van der Waals surface area contributed by atoms with Crippen molar-refractivity contribution in [2.45, 2.75) is 6.54 Å². The molecule has 0 aliphatic carbocycles. The van der Waals surface area contributed by atoms with Crippen LogP contribution in [0.15, 0.2) is 52.9 Å². The molecule has 0 atom stereocenters. The van der Waals surface area contributed by atoms with Gasteiger partial charge in [-0.25, -0.2) is 0 Å². The summed E-state index contributed by atoms with van der Waals surface area (Å²) in [5, 5.41) is 12.2. The van der Waals surface area contributed by atoms with E-state index in [0.717, 1.165) is 43.2 Å². The highest BCUT2D eigenvalue weighted by molar-refractivity contribution is 6.33. The van der Waals surface area contributed by atoms with Crippen molar-refractivity contribution in [1.82, 2.24) is 10.2 Å². The van der Waals surface area contributed by atoms with Crippen LogP contribution in [0.5, 0.6) is 0 Å². The van der Waals surface area contributed by atoms with Crippen molar-refractivity contribution < 1.29 is 9.15 Å². The molecule has 1 aliphatic heterocycles. The molecular formula is C19H19ClN4O2. The van der Waals surface area contributed by atoms with Gasteiger partial charge >= 0.3 is 0 Å². The smallest absolute Gasteiger partial charge is 0.249 e. The number of para-hydroxylation sites is 2. The van der Waals surface area contributed by atoms with Gasteiger partial charge in [0.1, 0.15) is 0 Å². The Hall–Kier alpha value is -2.57. The van der Waals surface area contributed by atoms with Crippen molar-refractivity contribution >= 4 is 23.0 Å². The molecule has 0 bridgehead atoms. The number of halogens is 1. The zero-order valence-electron chi connectivity index (χ0n) is 14.2. The number of hydrogen-bond acceptors (Lipinski definition) is 6. The van der Waals surface area contributed by atoms with Gasteiger partial charge in [0.25, 0.3) is 0 Å². The molecular weight excluding hydrogens is 352 g/mol. The van der Waals surface area contributed by atoms with Crippen LogP contribution in [0, 0.1) is 0 Å². The van der Waals surface area contributed by atoms with E-state index in [1.54, 1.807) is 6.07 Å². The monoisotopic (exact) mass is 370 g/mol. The van der Waals surface area contributed by atoms with Crippen LogP contribution in [0.25, 0.3) is 11.5 Å². The first-order chi connectivity index (χ1) is 12.8. The molecule has 6 nitrogen and oxygen atoms in total. The normalized spacial score (nSPS) is 14.4. The molecule has 1 aromatic heterocycles. The first kappa shape index (κ1) is 16.9. The summed E-state index contributed by atoms with van der Waals surface area (Å²) in [6.45, 7) is 3.71. The molecule has 4 rings (SSSR count). The fraction of sp³-hybridized carbons (Fsp3) is 0.263. The second-order valence-electron chi connectivity index (χ2n) is 5.95. The van der Waals surface area contributed by atoms with Gasteiger partial charge in [0.15, 0.2) is 0 Å². The molecule has 0 unspecified atom stereocenters. The van der Waals surface area contributed by atoms with Crippen LogP contribution in [0.4, 0.5) is 11.4 Å². The van der Waals surface area contributed by atoms with Crippen LogP contribution in [0.1, 0.15) is 5.89 Å². The van der Waals surface area contributed by atoms with E-state index in [9.17, 15) is 0 Å². The lowest BCUT2D eigenvalue weighted by Gasteiger charge is -2.30. The van der Waals surface area contributed by atoms with Gasteiger partial charge in [0.05, 0.1) is 41.7 Å². The Morgan fingerprint density at radius 2 is 1.77 bits per heavy atom. The summed E-state index contributed by atoms with van der Waals surface area (Å²) in [4.78, 5) is 2.31. The minimum atomic E-state index is 0.425. The Balaban J connectivity index is 1.48. The van der Waals surface area contributed by atoms with E-state index < -0.39 is 0 Å². The predicted molar refractivity (Wildman–Crippen MR) is 102 cm³/mol. The Morgan fingerprint density at radius 1 is 1.00 bits per heavy atom. The van der Waals surface area contributed by atoms with E-state index in [0.29, 0.717) is 23.3 Å². The Morgan fingerprint density at radius 3 is 2.62 bits per heavy atom. The van der Waals surface area contributed by atoms with E-state index in [4.69, 9.17) is 20.8 Å². The van der Waals surface area contributed by atoms with Crippen LogP contribution in [-0.2, 0) is 11.3 Å². The summed E-state index contributed by atoms with van der Waals surface area (Å²) in [5.74, 6) is 0.936. The topological polar surface area (TPSA) is 63.4 Å². The molecule has 0 radical (unpaired) electrons. The van der Waals surface area contributed by atoms with Crippen LogP contribution in [-0.4, -0.2) is 36.5 Å². The summed E-state index contributed by atoms with van der Waals surface area (Å²) < 4.78 is 11.2. The second kappa shape index (κ2) is 7.76. The van der Waals surface area contributed by atoms with Gasteiger partial charge in [-0.3, -0.25) is 0 Å². The average molecular weight is 371 g/mol. The minimum absolute atomic E-state index is 0.425. The summed E-state index contributed by atoms with van der Waals surface area (Å²) in [6.07, 6.45) is 0. The molecule has 1 N–H and O–H groups in total. The van der Waals surface area contributed by atoms with E-state index in [1.807, 2.05) is 30.3 Å². The fourth-order valence-corrected chi connectivity index (χ4v) is 3.16. The maximum absolute atomic E-state index is 6.19. The van der Waals surface area contributed by atoms with Gasteiger partial charge < -0.3 is 19.4 Å². The molecule has 2 heterocycles. The predicted octanol–water partition coefficient (Wildman–Crippen LogP) is 3.84. The number of hydrogen-bond donors (Lipinski definition) is 1. The molecule has 0 spiro atoms. The van der Waals surface area contributed by atoms with Gasteiger partial charge in [-0.1, -0.05) is 35.9 Å². The first-order valence-corrected chi connectivity index (χ1v) is 8.92. The number of nitrogens with zero attached hydrogens (tertiary/aromatic N) is 3. The van der Waals surface area contributed by atoms with Crippen LogP contribution < -0.4 is 10.2 Å². The summed E-state index contributed by atoms with van der Waals surface area (Å²) in [7, 11) is 0. The largest absolute Gasteiger partial charge is 0.419 e. The molecule has 26 heavy (non-hydrogen) atoms. The van der Waals surface area contributed by atoms with Crippen molar-refractivity contribution in [1.29, 1.82) is 0 Å². The van der Waals surface area contributed by atoms with Gasteiger partial charge in [-0.2, -0.15) is 0 Å². The maximum atomic E-state index is 6.19. The lowest BCUT2D eigenvalue weighted by molar-refractivity contribution is 0.123. The van der Waals surface area contributed by atoms with Gasteiger partial charge in [0, 0.05) is 13.1 Å².